The molecule has 6 fully saturated rings. The lowest BCUT2D eigenvalue weighted by molar-refractivity contribution is -0.129. The highest BCUT2D eigenvalue weighted by atomic mass is 19.1. The fourth-order valence-corrected chi connectivity index (χ4v) is 20.5. The Labute approximate surface area is 714 Å². The molecule has 8 atom stereocenters. The summed E-state index contributed by atoms with van der Waals surface area (Å²) >= 11 is 0. The van der Waals surface area contributed by atoms with Gasteiger partial charge in [-0.2, -0.15) is 45.7 Å². The van der Waals surface area contributed by atoms with Crippen LogP contribution in [0, 0.1) is 52.7 Å². The molecule has 0 bridgehead atoms. The average Bonchev–Trinajstić information content (AvgIpc) is 0.932. The number of aliphatic hydroxyl groups is 1. The molecule has 1 N–H and O–H groups in total. The maximum atomic E-state index is 16.8. The highest BCUT2D eigenvalue weighted by Crippen LogP contribution is 2.44. The van der Waals surface area contributed by atoms with Crippen molar-refractivity contribution in [3.8, 4) is 36.2 Å². The fourth-order valence-electron chi connectivity index (χ4n) is 20.5. The van der Waals surface area contributed by atoms with Crippen LogP contribution in [0.5, 0.6) is 18.0 Å². The van der Waals surface area contributed by atoms with Gasteiger partial charge in [0.25, 0.3) is 0 Å². The summed E-state index contributed by atoms with van der Waals surface area (Å²) in [5.74, 6) is 1.96. The first-order chi connectivity index (χ1) is 59.5. The molecule has 0 radical (unpaired) electrons. The number of halogens is 1. The van der Waals surface area contributed by atoms with Crippen molar-refractivity contribution in [1.29, 1.82) is 15.8 Å². The molecule has 9 aliphatic rings. The number of anilines is 6. The largest absolute Gasteiger partial charge is 0.463 e. The quantitative estimate of drug-likeness (QED) is 0.0411. The fraction of sp³-hybridized carbons (Fsp3) is 0.479. The summed E-state index contributed by atoms with van der Waals surface area (Å²) in [4.78, 5) is 83.6. The van der Waals surface area contributed by atoms with Crippen molar-refractivity contribution in [2.45, 2.75) is 140 Å². The number of likely N-dealkylation sites (tertiary alicyclic amines) is 3. The van der Waals surface area contributed by atoms with E-state index in [-0.39, 0.29) is 91.0 Å². The van der Waals surface area contributed by atoms with Gasteiger partial charge in [-0.1, -0.05) is 86.5 Å². The number of nitriles is 3. The number of likely N-dealkylation sites (N-methyl/N-ethyl adjacent to an activating group) is 1. The first-order valence-electron chi connectivity index (χ1n) is 43.6. The second-order valence-electron chi connectivity index (χ2n) is 34.4. The van der Waals surface area contributed by atoms with E-state index in [4.69, 9.17) is 44.1 Å². The molecule has 8 aromatic rings. The Morgan fingerprint density at radius 2 is 1.06 bits per heavy atom. The minimum Gasteiger partial charge on any atom is -0.463 e. The van der Waals surface area contributed by atoms with Crippen LogP contribution in [0.2, 0.25) is 0 Å². The minimum atomic E-state index is -0.904. The van der Waals surface area contributed by atoms with E-state index >= 15 is 4.39 Å². The number of ether oxygens (including phenoxy) is 3. The summed E-state index contributed by atoms with van der Waals surface area (Å²) in [6.45, 7) is 26.3. The Morgan fingerprint density at radius 1 is 0.533 bits per heavy atom. The smallest absolute Gasteiger partial charge is 0.318 e. The van der Waals surface area contributed by atoms with Crippen LogP contribution in [0.3, 0.4) is 0 Å². The van der Waals surface area contributed by atoms with Gasteiger partial charge in [0.05, 0.1) is 92.9 Å². The summed E-state index contributed by atoms with van der Waals surface area (Å²) in [5.41, 5.74) is 11.5. The molecule has 9 aliphatic heterocycles. The molecule has 27 nitrogen and oxygen atoms in total. The van der Waals surface area contributed by atoms with Crippen LogP contribution in [-0.4, -0.2) is 252 Å². The van der Waals surface area contributed by atoms with Crippen LogP contribution < -0.4 is 43.6 Å². The number of hydrogen-bond acceptors (Lipinski definition) is 25. The van der Waals surface area contributed by atoms with E-state index in [0.717, 1.165) is 138 Å². The molecule has 634 valence electrons. The first kappa shape index (κ1) is 82.7. The molecule has 2 amide bonds. The molecule has 0 aliphatic carbocycles. The highest BCUT2D eigenvalue weighted by molar-refractivity contribution is 5.96. The molecule has 6 saturated heterocycles. The average molecular weight is 1650 g/mol. The number of aromatic nitrogens is 6. The van der Waals surface area contributed by atoms with Crippen molar-refractivity contribution in [2.24, 2.45) is 5.92 Å². The van der Waals surface area contributed by atoms with Crippen molar-refractivity contribution in [1.82, 2.24) is 59.3 Å². The summed E-state index contributed by atoms with van der Waals surface area (Å²) < 4.78 is 36.9. The topological polar surface area (TPSA) is 270 Å². The number of hydrogen-bond donors (Lipinski definition) is 1. The molecule has 122 heavy (non-hydrogen) atoms. The molecule has 4 unspecified atom stereocenters. The Morgan fingerprint density at radius 3 is 1.65 bits per heavy atom. The number of nitrogens with zero attached hydrogens (tertiary/aromatic N) is 21. The van der Waals surface area contributed by atoms with Crippen molar-refractivity contribution in [3.05, 3.63) is 185 Å². The van der Waals surface area contributed by atoms with Gasteiger partial charge in [-0.25, -0.2) is 4.39 Å². The van der Waals surface area contributed by atoms with E-state index in [0.29, 0.717) is 155 Å². The number of fused-ring (bicyclic) bond motifs is 5. The van der Waals surface area contributed by atoms with Gasteiger partial charge in [-0.15, -0.1) is 0 Å². The number of rotatable bonds is 25. The lowest BCUT2D eigenvalue weighted by atomic mass is 9.88. The second-order valence-corrected chi connectivity index (χ2v) is 34.4. The molecule has 28 heteroatoms. The third kappa shape index (κ3) is 17.2. The van der Waals surface area contributed by atoms with Gasteiger partial charge in [-0.05, 0) is 156 Å². The van der Waals surface area contributed by atoms with Gasteiger partial charge in [0.15, 0.2) is 0 Å². The van der Waals surface area contributed by atoms with Gasteiger partial charge in [0.2, 0.25) is 11.8 Å². The van der Waals surface area contributed by atoms with Crippen molar-refractivity contribution in [2.75, 3.05) is 175 Å². The van der Waals surface area contributed by atoms with Gasteiger partial charge in [0.1, 0.15) is 42.7 Å². The Hall–Kier alpha value is -11.6. The summed E-state index contributed by atoms with van der Waals surface area (Å²) in [7, 11) is 4.21. The lowest BCUT2D eigenvalue weighted by Gasteiger charge is -2.43. The van der Waals surface area contributed by atoms with E-state index in [1.165, 1.54) is 40.0 Å². The number of carbonyl (C=O) groups excluding carboxylic acids is 2. The van der Waals surface area contributed by atoms with Gasteiger partial charge >= 0.3 is 18.0 Å². The van der Waals surface area contributed by atoms with E-state index in [1.807, 2.05) is 11.8 Å². The zero-order valence-electron chi connectivity index (χ0n) is 70.4. The number of carbonyl (C=O) groups is 2. The van der Waals surface area contributed by atoms with E-state index in [9.17, 15) is 30.5 Å². The van der Waals surface area contributed by atoms with Crippen LogP contribution >= 0.6 is 0 Å². The third-order valence-electron chi connectivity index (χ3n) is 27.1. The minimum absolute atomic E-state index is 0.0361. The van der Waals surface area contributed by atoms with Crippen LogP contribution in [0.1, 0.15) is 114 Å². The van der Waals surface area contributed by atoms with E-state index in [2.05, 4.69) is 181 Å². The molecule has 3 aromatic heterocycles. The maximum Gasteiger partial charge on any atom is 0.318 e. The van der Waals surface area contributed by atoms with E-state index in [1.54, 1.807) is 15.9 Å². The Kier molecular flexibility index (Phi) is 24.8. The number of piperazine rings is 3. The van der Waals surface area contributed by atoms with E-state index < -0.39 is 6.23 Å². The number of amides is 2. The SMILES string of the molecule is C=CC(=O)N1CCN(c2nc(OC[C@@H]3CCCN3C)nc3c2CCN(c2cc(C4C[C@@H](COc5nc6c(c(N7CCN(C(O)C=C)[C@@H](CC#N)C7)n5)CCN(c5cc(C7CCCN(CCOc8nc9c(c(N%10CCN(C(=O)C=C)[C@@H](CC#N)C%10)n8)CCN(c8cccc%10ccccc8%10)C9)C7)cc7ccccc57)C6)CN4C)cc(F)c2C)C3)CC1CC#N. The molecule has 5 aromatic carbocycles. The van der Waals surface area contributed by atoms with Crippen LogP contribution in [0.25, 0.3) is 21.5 Å². The van der Waals surface area contributed by atoms with Crippen LogP contribution in [0.15, 0.2) is 129 Å². The predicted molar refractivity (Wildman–Crippen MR) is 469 cm³/mol. The monoisotopic (exact) mass is 1650 g/mol. The molecule has 12 heterocycles. The highest BCUT2D eigenvalue weighted by Gasteiger charge is 2.41. The Bertz CT molecular complexity index is 5400. The zero-order chi connectivity index (χ0) is 84.2. The van der Waals surface area contributed by atoms with Crippen molar-refractivity contribution in [3.63, 3.8) is 0 Å². The number of aliphatic hydroxyl groups excluding tert-OH is 1. The van der Waals surface area contributed by atoms with Crippen LogP contribution in [-0.2, 0) is 48.5 Å². The maximum absolute atomic E-state index is 16.8. The van der Waals surface area contributed by atoms with Crippen LogP contribution in [0.4, 0.5) is 38.9 Å². The number of benzene rings is 5. The third-order valence-corrected chi connectivity index (χ3v) is 27.1. The Balaban J connectivity index is 0.601. The number of piperidine rings is 1. The summed E-state index contributed by atoms with van der Waals surface area (Å²) in [6.07, 6.45) is 10.6. The van der Waals surface area contributed by atoms with Crippen molar-refractivity contribution >= 4 is 67.9 Å². The van der Waals surface area contributed by atoms with Gasteiger partial charge in [-0.3, -0.25) is 24.3 Å². The molecular formula is C94H110FN21O6. The van der Waals surface area contributed by atoms with Crippen molar-refractivity contribution < 1.29 is 33.3 Å². The van der Waals surface area contributed by atoms with Gasteiger partial charge < -0.3 is 63.4 Å². The predicted octanol–water partition coefficient (Wildman–Crippen LogP) is 10.4. The summed E-state index contributed by atoms with van der Waals surface area (Å²) in [5, 5.41) is 45.9. The standard InChI is InChI=1S/C94H110FN21O6/c1-7-86(117)114-42-39-111(54-69(114)25-31-96)89-75-28-36-108(82-24-14-19-64-17-10-12-22-73(64)82)57-79(75)99-92(102-89)120-46-45-107-35-15-20-66(53-107)67-48-65-18-11-13-23-74(65)85(50-67)110-38-30-77-81(59-110)100-93(103-90(77)112-40-43-115(87(118)8-2)70(55-112)26-32-97)121-60-63-47-84(106(6)52-63)68-49-78(95)62(4)83(51-68)109-37-29-76-80(58-109)101-94(122-61-72-21-16-34-105(72)5)104-91(76)113-41-44-116(88(119)9-3)71(56-113)27-33-98/h7-14,17-19,22-24,48-51,63,66,69-72,84,87,118H,1-3,15-16,20-21,25-30,34-47,52-61H2,4-6H3/t63-,66?,69+,70+,71?,72+,84?,87?/m1/s1. The van der Waals surface area contributed by atoms with Gasteiger partial charge in [0, 0.05) is 172 Å². The molecule has 0 saturated carbocycles. The second kappa shape index (κ2) is 36.6. The zero-order valence-corrected chi connectivity index (χ0v) is 70.4. The normalized spacial score (nSPS) is 22.6. The first-order valence-corrected chi connectivity index (χ1v) is 43.6. The lowest BCUT2D eigenvalue weighted by Crippen LogP contribution is -2.56. The molecule has 17 rings (SSSR count). The summed E-state index contributed by atoms with van der Waals surface area (Å²) in [6, 6.07) is 39.3. The molecular weight excluding hydrogens is 1540 g/mol. The molecule has 0 spiro atoms.